The van der Waals surface area contributed by atoms with Crippen LogP contribution in [0.2, 0.25) is 0 Å². The molecule has 2 N–H and O–H groups in total. The highest BCUT2D eigenvalue weighted by Gasteiger charge is 2.12. The van der Waals surface area contributed by atoms with E-state index in [-0.39, 0.29) is 24.0 Å². The molecule has 0 aliphatic heterocycles. The molecule has 102 valence electrons. The van der Waals surface area contributed by atoms with Crippen LogP contribution in [0.1, 0.15) is 52.4 Å². The quantitative estimate of drug-likeness (QED) is 0.468. The number of nitrogens with zero attached hydrogens (tertiary/aromatic N) is 2. The summed E-state index contributed by atoms with van der Waals surface area (Å²) in [5, 5.41) is 0. The number of aliphatic imine (C=N–C) groups is 1. The molecule has 0 bridgehead atoms. The van der Waals surface area contributed by atoms with E-state index in [4.69, 9.17) is 5.73 Å². The van der Waals surface area contributed by atoms with E-state index in [2.05, 4.69) is 23.7 Å². The average molecular weight is 353 g/mol. The van der Waals surface area contributed by atoms with E-state index in [0.717, 1.165) is 31.5 Å². The van der Waals surface area contributed by atoms with Crippen LogP contribution in [0, 0.1) is 5.92 Å². The summed E-state index contributed by atoms with van der Waals surface area (Å²) in [5.74, 6) is 1.63. The lowest BCUT2D eigenvalue weighted by molar-refractivity contribution is 0.342. The van der Waals surface area contributed by atoms with Gasteiger partial charge in [-0.2, -0.15) is 0 Å². The lowest BCUT2D eigenvalue weighted by Crippen LogP contribution is -2.37. The van der Waals surface area contributed by atoms with E-state index in [9.17, 15) is 0 Å². The Bertz CT molecular complexity index is 209. The molecule has 1 aliphatic rings. The summed E-state index contributed by atoms with van der Waals surface area (Å²) in [7, 11) is 0. The molecule has 0 atom stereocenters. The third-order valence-electron chi connectivity index (χ3n) is 3.62. The van der Waals surface area contributed by atoms with Crippen molar-refractivity contribution < 1.29 is 0 Å². The van der Waals surface area contributed by atoms with Gasteiger partial charge in [0.2, 0.25) is 0 Å². The smallest absolute Gasteiger partial charge is 0.191 e. The topological polar surface area (TPSA) is 41.6 Å². The SMILES string of the molecule is CCN(CC)C(N)=NCCC1CCCCC1.I. The van der Waals surface area contributed by atoms with E-state index in [1.54, 1.807) is 0 Å². The predicted molar refractivity (Wildman–Crippen MR) is 86.0 cm³/mol. The first-order chi connectivity index (χ1) is 7.77. The van der Waals surface area contributed by atoms with Crippen LogP contribution in [-0.4, -0.2) is 30.5 Å². The van der Waals surface area contributed by atoms with Crippen molar-refractivity contribution >= 4 is 29.9 Å². The number of hydrogen-bond donors (Lipinski definition) is 1. The van der Waals surface area contributed by atoms with E-state index in [1.807, 2.05) is 0 Å². The second kappa shape index (κ2) is 9.97. The van der Waals surface area contributed by atoms with Gasteiger partial charge in [-0.15, -0.1) is 24.0 Å². The van der Waals surface area contributed by atoms with Crippen molar-refractivity contribution in [2.75, 3.05) is 19.6 Å². The van der Waals surface area contributed by atoms with Crippen LogP contribution >= 0.6 is 24.0 Å². The monoisotopic (exact) mass is 353 g/mol. The average Bonchev–Trinajstić information content (AvgIpc) is 2.32. The fourth-order valence-electron chi connectivity index (χ4n) is 2.49. The summed E-state index contributed by atoms with van der Waals surface area (Å²) in [4.78, 5) is 6.59. The fraction of sp³-hybridized carbons (Fsp3) is 0.923. The Morgan fingerprint density at radius 1 is 1.18 bits per heavy atom. The highest BCUT2D eigenvalue weighted by molar-refractivity contribution is 14.0. The summed E-state index contributed by atoms with van der Waals surface area (Å²) in [5.41, 5.74) is 5.93. The zero-order valence-corrected chi connectivity index (χ0v) is 13.7. The van der Waals surface area contributed by atoms with Gasteiger partial charge in [-0.05, 0) is 26.2 Å². The van der Waals surface area contributed by atoms with Crippen molar-refractivity contribution in [1.82, 2.24) is 4.90 Å². The molecule has 1 saturated carbocycles. The molecule has 17 heavy (non-hydrogen) atoms. The summed E-state index contributed by atoms with van der Waals surface area (Å²) in [6.07, 6.45) is 8.30. The van der Waals surface area contributed by atoms with Crippen molar-refractivity contribution in [1.29, 1.82) is 0 Å². The maximum atomic E-state index is 5.93. The molecule has 1 fully saturated rings. The Labute approximate surface area is 123 Å². The van der Waals surface area contributed by atoms with E-state index >= 15 is 0 Å². The molecule has 1 rings (SSSR count). The summed E-state index contributed by atoms with van der Waals surface area (Å²) < 4.78 is 0. The Morgan fingerprint density at radius 2 is 1.76 bits per heavy atom. The first kappa shape index (κ1) is 17.0. The van der Waals surface area contributed by atoms with Crippen LogP contribution < -0.4 is 5.73 Å². The molecule has 3 nitrogen and oxygen atoms in total. The number of rotatable bonds is 5. The van der Waals surface area contributed by atoms with Crippen molar-refractivity contribution in [3.05, 3.63) is 0 Å². The van der Waals surface area contributed by atoms with Crippen LogP contribution in [0.3, 0.4) is 0 Å². The number of nitrogens with two attached hydrogens (primary N) is 1. The van der Waals surface area contributed by atoms with Gasteiger partial charge in [0, 0.05) is 19.6 Å². The van der Waals surface area contributed by atoms with E-state index < -0.39 is 0 Å². The highest BCUT2D eigenvalue weighted by Crippen LogP contribution is 2.25. The predicted octanol–water partition coefficient (Wildman–Crippen LogP) is 3.23. The van der Waals surface area contributed by atoms with Gasteiger partial charge < -0.3 is 10.6 Å². The minimum Gasteiger partial charge on any atom is -0.370 e. The summed E-state index contributed by atoms with van der Waals surface area (Å²) in [6.45, 7) is 7.05. The molecule has 0 unspecified atom stereocenters. The molecule has 0 aromatic carbocycles. The van der Waals surface area contributed by atoms with Crippen molar-refractivity contribution in [3.8, 4) is 0 Å². The largest absolute Gasteiger partial charge is 0.370 e. The standard InChI is InChI=1S/C13H27N3.HI/c1-3-16(4-2)13(14)15-11-10-12-8-6-5-7-9-12;/h12H,3-11H2,1-2H3,(H2,14,15);1H. The molecule has 0 spiro atoms. The Hall–Kier alpha value is 0. The molecule has 1 aliphatic carbocycles. The zero-order valence-electron chi connectivity index (χ0n) is 11.3. The third-order valence-corrected chi connectivity index (χ3v) is 3.62. The second-order valence-corrected chi connectivity index (χ2v) is 4.70. The molecular weight excluding hydrogens is 325 g/mol. The van der Waals surface area contributed by atoms with Crippen LogP contribution in [0.5, 0.6) is 0 Å². The van der Waals surface area contributed by atoms with Gasteiger partial charge >= 0.3 is 0 Å². The molecule has 0 aromatic heterocycles. The van der Waals surface area contributed by atoms with Gasteiger partial charge in [-0.1, -0.05) is 32.1 Å². The lowest BCUT2D eigenvalue weighted by Gasteiger charge is -2.22. The summed E-state index contributed by atoms with van der Waals surface area (Å²) >= 11 is 0. The van der Waals surface area contributed by atoms with Crippen molar-refractivity contribution in [3.63, 3.8) is 0 Å². The minimum absolute atomic E-state index is 0. The first-order valence-electron chi connectivity index (χ1n) is 6.82. The molecular formula is C13H28IN3. The van der Waals surface area contributed by atoms with E-state index in [0.29, 0.717) is 0 Å². The minimum atomic E-state index is 0. The first-order valence-corrected chi connectivity index (χ1v) is 6.82. The zero-order chi connectivity index (χ0) is 11.8. The molecule has 0 heterocycles. The van der Waals surface area contributed by atoms with Gasteiger partial charge in [0.1, 0.15) is 0 Å². The maximum Gasteiger partial charge on any atom is 0.191 e. The molecule has 4 heteroatoms. The Balaban J connectivity index is 0.00000256. The number of hydrogen-bond acceptors (Lipinski definition) is 1. The van der Waals surface area contributed by atoms with Crippen LogP contribution in [-0.2, 0) is 0 Å². The van der Waals surface area contributed by atoms with E-state index in [1.165, 1.54) is 38.5 Å². The normalized spacial score (nSPS) is 17.6. The van der Waals surface area contributed by atoms with Gasteiger partial charge in [0.15, 0.2) is 5.96 Å². The molecule has 0 radical (unpaired) electrons. The van der Waals surface area contributed by atoms with Crippen molar-refractivity contribution in [2.24, 2.45) is 16.6 Å². The number of halogens is 1. The Kier molecular flexibility index (Phi) is 9.97. The van der Waals surface area contributed by atoms with Crippen LogP contribution in [0.15, 0.2) is 4.99 Å². The maximum absolute atomic E-state index is 5.93. The third kappa shape index (κ3) is 6.48. The van der Waals surface area contributed by atoms with Crippen LogP contribution in [0.4, 0.5) is 0 Å². The molecule has 0 saturated heterocycles. The van der Waals surface area contributed by atoms with Gasteiger partial charge in [-0.3, -0.25) is 4.99 Å². The van der Waals surface area contributed by atoms with Crippen LogP contribution in [0.25, 0.3) is 0 Å². The van der Waals surface area contributed by atoms with Gasteiger partial charge in [-0.25, -0.2) is 0 Å². The molecule has 0 aromatic rings. The highest BCUT2D eigenvalue weighted by atomic mass is 127. The number of guanidine groups is 1. The van der Waals surface area contributed by atoms with Gasteiger partial charge in [0.05, 0.1) is 0 Å². The second-order valence-electron chi connectivity index (χ2n) is 4.70. The lowest BCUT2D eigenvalue weighted by atomic mass is 9.87. The van der Waals surface area contributed by atoms with Crippen molar-refractivity contribution in [2.45, 2.75) is 52.4 Å². The summed E-state index contributed by atoms with van der Waals surface area (Å²) in [6, 6.07) is 0. The Morgan fingerprint density at radius 3 is 2.29 bits per heavy atom. The fourth-order valence-corrected chi connectivity index (χ4v) is 2.49. The van der Waals surface area contributed by atoms with Gasteiger partial charge in [0.25, 0.3) is 0 Å². The molecule has 0 amide bonds.